The molecule has 118 valence electrons. The SMILES string of the molecule is Cc1nc2cc(C(=O)NCCCCCC(=O)O)ccc2n1C. The fourth-order valence-electron chi connectivity index (χ4n) is 2.34. The number of aryl methyl sites for hydroxylation is 2. The highest BCUT2D eigenvalue weighted by atomic mass is 16.4. The second-order valence-corrected chi connectivity index (χ2v) is 5.38. The Labute approximate surface area is 129 Å². The normalized spacial score (nSPS) is 10.8. The van der Waals surface area contributed by atoms with Crippen molar-refractivity contribution >= 4 is 22.9 Å². The molecule has 2 aromatic rings. The molecule has 0 unspecified atom stereocenters. The molecule has 1 heterocycles. The molecule has 0 saturated heterocycles. The zero-order valence-corrected chi connectivity index (χ0v) is 12.9. The van der Waals surface area contributed by atoms with E-state index >= 15 is 0 Å². The predicted molar refractivity (Wildman–Crippen MR) is 83.9 cm³/mol. The number of fused-ring (bicyclic) bond motifs is 1. The zero-order valence-electron chi connectivity index (χ0n) is 12.9. The minimum Gasteiger partial charge on any atom is -0.481 e. The minimum absolute atomic E-state index is 0.122. The Hall–Kier alpha value is -2.37. The van der Waals surface area contributed by atoms with Crippen molar-refractivity contribution in [2.24, 2.45) is 7.05 Å². The van der Waals surface area contributed by atoms with E-state index in [9.17, 15) is 9.59 Å². The number of carboxylic acid groups (broad SMARTS) is 1. The van der Waals surface area contributed by atoms with Crippen LogP contribution < -0.4 is 5.32 Å². The van der Waals surface area contributed by atoms with Crippen molar-refractivity contribution in [3.8, 4) is 0 Å². The first-order chi connectivity index (χ1) is 10.5. The number of aliphatic carboxylic acids is 1. The van der Waals surface area contributed by atoms with Crippen LogP contribution in [0.3, 0.4) is 0 Å². The second kappa shape index (κ2) is 7.06. The summed E-state index contributed by atoms with van der Waals surface area (Å²) in [6.45, 7) is 2.48. The van der Waals surface area contributed by atoms with Crippen LogP contribution in [0.2, 0.25) is 0 Å². The van der Waals surface area contributed by atoms with Crippen molar-refractivity contribution in [3.05, 3.63) is 29.6 Å². The fraction of sp³-hybridized carbons (Fsp3) is 0.438. The summed E-state index contributed by atoms with van der Waals surface area (Å²) in [5.41, 5.74) is 2.41. The summed E-state index contributed by atoms with van der Waals surface area (Å²) in [4.78, 5) is 26.9. The van der Waals surface area contributed by atoms with Crippen LogP contribution in [0.15, 0.2) is 18.2 Å². The van der Waals surface area contributed by atoms with E-state index < -0.39 is 5.97 Å². The lowest BCUT2D eigenvalue weighted by atomic mass is 10.1. The van der Waals surface area contributed by atoms with Crippen molar-refractivity contribution in [3.63, 3.8) is 0 Å². The lowest BCUT2D eigenvalue weighted by molar-refractivity contribution is -0.137. The number of hydrogen-bond donors (Lipinski definition) is 2. The number of amides is 1. The van der Waals surface area contributed by atoms with E-state index in [4.69, 9.17) is 5.11 Å². The first kappa shape index (κ1) is 16.0. The number of hydrogen-bond acceptors (Lipinski definition) is 3. The van der Waals surface area contributed by atoms with Crippen molar-refractivity contribution in [1.82, 2.24) is 14.9 Å². The minimum atomic E-state index is -0.775. The van der Waals surface area contributed by atoms with E-state index in [-0.39, 0.29) is 12.3 Å². The third-order valence-electron chi connectivity index (χ3n) is 3.72. The molecule has 0 aliphatic carbocycles. The maximum absolute atomic E-state index is 12.1. The maximum Gasteiger partial charge on any atom is 0.303 e. The highest BCUT2D eigenvalue weighted by molar-refractivity contribution is 5.97. The number of carbonyl (C=O) groups is 2. The number of carboxylic acids is 1. The van der Waals surface area contributed by atoms with Crippen LogP contribution in [0.25, 0.3) is 11.0 Å². The van der Waals surface area contributed by atoms with Gasteiger partial charge in [-0.25, -0.2) is 4.98 Å². The second-order valence-electron chi connectivity index (χ2n) is 5.38. The number of benzene rings is 1. The molecule has 2 rings (SSSR count). The predicted octanol–water partition coefficient (Wildman–Crippen LogP) is 2.26. The molecule has 1 amide bonds. The van der Waals surface area contributed by atoms with Gasteiger partial charge in [0.05, 0.1) is 11.0 Å². The Balaban J connectivity index is 1.86. The molecule has 1 aromatic carbocycles. The molecule has 6 heteroatoms. The molecule has 6 nitrogen and oxygen atoms in total. The van der Waals surface area contributed by atoms with Crippen LogP contribution in [-0.2, 0) is 11.8 Å². The number of nitrogens with zero attached hydrogens (tertiary/aromatic N) is 2. The maximum atomic E-state index is 12.1. The first-order valence-electron chi connectivity index (χ1n) is 7.42. The van der Waals surface area contributed by atoms with Gasteiger partial charge in [0.15, 0.2) is 0 Å². The lowest BCUT2D eigenvalue weighted by Gasteiger charge is -2.05. The van der Waals surface area contributed by atoms with Crippen LogP contribution in [0, 0.1) is 6.92 Å². The molecule has 1 aromatic heterocycles. The van der Waals surface area contributed by atoms with Gasteiger partial charge in [-0.3, -0.25) is 9.59 Å². The number of nitrogens with one attached hydrogen (secondary N) is 1. The van der Waals surface area contributed by atoms with Gasteiger partial charge in [-0.05, 0) is 38.0 Å². The summed E-state index contributed by atoms with van der Waals surface area (Å²) in [5, 5.41) is 11.4. The molecule has 2 N–H and O–H groups in total. The van der Waals surface area contributed by atoms with Crippen molar-refractivity contribution in [1.29, 1.82) is 0 Å². The molecule has 22 heavy (non-hydrogen) atoms. The highest BCUT2D eigenvalue weighted by Gasteiger charge is 2.09. The third kappa shape index (κ3) is 3.84. The van der Waals surface area contributed by atoms with Gasteiger partial charge in [0, 0.05) is 25.6 Å². The van der Waals surface area contributed by atoms with Gasteiger partial charge in [-0.2, -0.15) is 0 Å². The molecule has 0 aliphatic rings. The molecule has 0 radical (unpaired) electrons. The number of aromatic nitrogens is 2. The standard InChI is InChI=1S/C16H21N3O3/c1-11-18-13-10-12(7-8-14(13)19(11)2)16(22)17-9-5-3-4-6-15(20)21/h7-8,10H,3-6,9H2,1-2H3,(H,17,22)(H,20,21). The van der Waals surface area contributed by atoms with E-state index in [1.165, 1.54) is 0 Å². The Morgan fingerprint density at radius 2 is 2.05 bits per heavy atom. The lowest BCUT2D eigenvalue weighted by Crippen LogP contribution is -2.24. The topological polar surface area (TPSA) is 84.2 Å². The van der Waals surface area contributed by atoms with Crippen molar-refractivity contribution < 1.29 is 14.7 Å². The van der Waals surface area contributed by atoms with Gasteiger partial charge in [0.25, 0.3) is 5.91 Å². The quantitative estimate of drug-likeness (QED) is 0.768. The number of carbonyl (C=O) groups excluding carboxylic acids is 1. The summed E-state index contributed by atoms with van der Waals surface area (Å²) < 4.78 is 1.99. The monoisotopic (exact) mass is 303 g/mol. The molecule has 0 atom stereocenters. The molecular weight excluding hydrogens is 282 g/mol. The molecule has 0 aliphatic heterocycles. The highest BCUT2D eigenvalue weighted by Crippen LogP contribution is 2.16. The Bertz CT molecular complexity index is 691. The molecule has 0 bridgehead atoms. The number of imidazole rings is 1. The van der Waals surface area contributed by atoms with E-state index in [0.29, 0.717) is 18.5 Å². The van der Waals surface area contributed by atoms with Crippen molar-refractivity contribution in [2.45, 2.75) is 32.6 Å². The zero-order chi connectivity index (χ0) is 16.1. The molecule has 0 saturated carbocycles. The summed E-state index contributed by atoms with van der Waals surface area (Å²) in [7, 11) is 1.95. The van der Waals surface area contributed by atoms with E-state index in [0.717, 1.165) is 29.7 Å². The average Bonchev–Trinajstić information content (AvgIpc) is 2.76. The molecular formula is C16H21N3O3. The van der Waals surface area contributed by atoms with Gasteiger partial charge in [0.2, 0.25) is 0 Å². The van der Waals surface area contributed by atoms with Gasteiger partial charge in [-0.1, -0.05) is 6.42 Å². The number of unbranched alkanes of at least 4 members (excludes halogenated alkanes) is 2. The molecule has 0 spiro atoms. The van der Waals surface area contributed by atoms with E-state index in [1.807, 2.05) is 24.6 Å². The molecule has 0 fully saturated rings. The number of rotatable bonds is 7. The van der Waals surface area contributed by atoms with Crippen molar-refractivity contribution in [2.75, 3.05) is 6.54 Å². The van der Waals surface area contributed by atoms with Gasteiger partial charge >= 0.3 is 5.97 Å². The van der Waals surface area contributed by atoms with Gasteiger partial charge in [-0.15, -0.1) is 0 Å². The fourth-order valence-corrected chi connectivity index (χ4v) is 2.34. The summed E-state index contributed by atoms with van der Waals surface area (Å²) in [6, 6.07) is 5.49. The smallest absolute Gasteiger partial charge is 0.303 e. The van der Waals surface area contributed by atoms with Crippen LogP contribution in [0.1, 0.15) is 41.9 Å². The first-order valence-corrected chi connectivity index (χ1v) is 7.42. The average molecular weight is 303 g/mol. The Morgan fingerprint density at radius 3 is 2.77 bits per heavy atom. The summed E-state index contributed by atoms with van der Waals surface area (Å²) in [6.07, 6.45) is 2.41. The largest absolute Gasteiger partial charge is 0.481 e. The van der Waals surface area contributed by atoms with E-state index in [2.05, 4.69) is 10.3 Å². The van der Waals surface area contributed by atoms with Crippen LogP contribution in [0.5, 0.6) is 0 Å². The Kier molecular flexibility index (Phi) is 5.14. The Morgan fingerprint density at radius 1 is 1.27 bits per heavy atom. The third-order valence-corrected chi connectivity index (χ3v) is 3.72. The van der Waals surface area contributed by atoms with Crippen LogP contribution in [-0.4, -0.2) is 33.1 Å². The van der Waals surface area contributed by atoms with Crippen LogP contribution >= 0.6 is 0 Å². The van der Waals surface area contributed by atoms with Gasteiger partial charge in [0.1, 0.15) is 5.82 Å². The van der Waals surface area contributed by atoms with Gasteiger partial charge < -0.3 is 15.0 Å². The summed E-state index contributed by atoms with van der Waals surface area (Å²) >= 11 is 0. The summed E-state index contributed by atoms with van der Waals surface area (Å²) in [5.74, 6) is 0.0115. The van der Waals surface area contributed by atoms with Crippen LogP contribution in [0.4, 0.5) is 0 Å². The van der Waals surface area contributed by atoms with E-state index in [1.54, 1.807) is 12.1 Å².